The second-order valence-electron chi connectivity index (χ2n) is 7.36. The van der Waals surface area contributed by atoms with E-state index in [1.165, 1.54) is 32.4 Å². The van der Waals surface area contributed by atoms with Crippen LogP contribution in [-0.2, 0) is 0 Å². The zero-order chi connectivity index (χ0) is 23.7. The van der Waals surface area contributed by atoms with E-state index >= 15 is 0 Å². The van der Waals surface area contributed by atoms with Gasteiger partial charge >= 0.3 is 11.3 Å². The number of carbonyl (C=O) groups is 1. The molecule has 8 nitrogen and oxygen atoms in total. The predicted molar refractivity (Wildman–Crippen MR) is 125 cm³/mol. The molecule has 0 unspecified atom stereocenters. The summed E-state index contributed by atoms with van der Waals surface area (Å²) in [6.07, 6.45) is 0. The SMILES string of the molecule is CCN(CC)c1ccc2cc(C(=O)c3cc4c(OC)cc(OC)cc4oc3=O)c(=O)oc2c1. The van der Waals surface area contributed by atoms with E-state index in [1.54, 1.807) is 18.2 Å². The summed E-state index contributed by atoms with van der Waals surface area (Å²) in [7, 11) is 2.92. The normalized spacial score (nSPS) is 11.0. The van der Waals surface area contributed by atoms with Crippen molar-refractivity contribution < 1.29 is 23.1 Å². The lowest BCUT2D eigenvalue weighted by Gasteiger charge is -2.20. The van der Waals surface area contributed by atoms with Crippen LogP contribution in [0.15, 0.2) is 60.9 Å². The number of ether oxygens (including phenoxy) is 2. The zero-order valence-electron chi connectivity index (χ0n) is 18.8. The molecule has 170 valence electrons. The largest absolute Gasteiger partial charge is 0.496 e. The van der Waals surface area contributed by atoms with Gasteiger partial charge in [-0.3, -0.25) is 4.79 Å². The highest BCUT2D eigenvalue weighted by Crippen LogP contribution is 2.31. The van der Waals surface area contributed by atoms with Crippen molar-refractivity contribution in [3.63, 3.8) is 0 Å². The topological polar surface area (TPSA) is 99.2 Å². The average Bonchev–Trinajstić information content (AvgIpc) is 2.82. The van der Waals surface area contributed by atoms with Crippen LogP contribution in [0.25, 0.3) is 21.9 Å². The summed E-state index contributed by atoms with van der Waals surface area (Å²) in [6.45, 7) is 5.67. The highest BCUT2D eigenvalue weighted by atomic mass is 16.5. The number of nitrogens with zero attached hydrogens (tertiary/aromatic N) is 1. The first-order chi connectivity index (χ1) is 15.9. The van der Waals surface area contributed by atoms with Gasteiger partial charge in [-0.25, -0.2) is 9.59 Å². The fourth-order valence-electron chi connectivity index (χ4n) is 3.80. The van der Waals surface area contributed by atoms with E-state index < -0.39 is 17.0 Å². The van der Waals surface area contributed by atoms with E-state index in [9.17, 15) is 14.4 Å². The first kappa shape index (κ1) is 22.1. The number of hydrogen-bond donors (Lipinski definition) is 0. The highest BCUT2D eigenvalue weighted by molar-refractivity contribution is 6.11. The molecule has 0 atom stereocenters. The van der Waals surface area contributed by atoms with Crippen LogP contribution in [0.3, 0.4) is 0 Å². The molecule has 0 saturated heterocycles. The van der Waals surface area contributed by atoms with Crippen molar-refractivity contribution in [3.8, 4) is 11.5 Å². The van der Waals surface area contributed by atoms with Gasteiger partial charge in [0.05, 0.1) is 19.6 Å². The number of anilines is 1. The molecule has 0 N–H and O–H groups in total. The smallest absolute Gasteiger partial charge is 0.347 e. The van der Waals surface area contributed by atoms with Gasteiger partial charge in [-0.15, -0.1) is 0 Å². The van der Waals surface area contributed by atoms with Crippen molar-refractivity contribution in [2.45, 2.75) is 13.8 Å². The van der Waals surface area contributed by atoms with E-state index in [2.05, 4.69) is 4.90 Å². The molecule has 0 aliphatic carbocycles. The Morgan fingerprint density at radius 2 is 1.52 bits per heavy atom. The summed E-state index contributed by atoms with van der Waals surface area (Å²) in [6, 6.07) is 11.4. The fourth-order valence-corrected chi connectivity index (χ4v) is 3.80. The lowest BCUT2D eigenvalue weighted by molar-refractivity contribution is 0.103. The third kappa shape index (κ3) is 3.95. The Hall–Kier alpha value is -4.07. The molecule has 0 radical (unpaired) electrons. The van der Waals surface area contributed by atoms with E-state index in [0.29, 0.717) is 27.9 Å². The Morgan fingerprint density at radius 3 is 2.15 bits per heavy atom. The summed E-state index contributed by atoms with van der Waals surface area (Å²) in [5, 5.41) is 0.969. The molecule has 33 heavy (non-hydrogen) atoms. The van der Waals surface area contributed by atoms with Gasteiger partial charge in [-0.05, 0) is 38.1 Å². The number of benzene rings is 2. The minimum Gasteiger partial charge on any atom is -0.496 e. The quantitative estimate of drug-likeness (QED) is 0.308. The van der Waals surface area contributed by atoms with Crippen molar-refractivity contribution in [1.82, 2.24) is 0 Å². The highest BCUT2D eigenvalue weighted by Gasteiger charge is 2.22. The second kappa shape index (κ2) is 8.82. The Morgan fingerprint density at radius 1 is 0.848 bits per heavy atom. The van der Waals surface area contributed by atoms with Gasteiger partial charge < -0.3 is 23.2 Å². The molecule has 0 amide bonds. The minimum absolute atomic E-state index is 0.197. The molecule has 2 aromatic carbocycles. The van der Waals surface area contributed by atoms with Crippen LogP contribution in [-0.4, -0.2) is 33.1 Å². The lowest BCUT2D eigenvalue weighted by Crippen LogP contribution is -2.22. The first-order valence-electron chi connectivity index (χ1n) is 10.5. The molecule has 0 fully saturated rings. The Balaban J connectivity index is 1.83. The Kier molecular flexibility index (Phi) is 5.91. The molecule has 0 saturated carbocycles. The number of carbonyl (C=O) groups excluding carboxylic acids is 1. The fraction of sp³-hybridized carbons (Fsp3) is 0.240. The maximum Gasteiger partial charge on any atom is 0.347 e. The Labute approximate surface area is 188 Å². The van der Waals surface area contributed by atoms with Crippen molar-refractivity contribution in [3.05, 3.63) is 74.4 Å². The number of rotatable bonds is 7. The van der Waals surface area contributed by atoms with Crippen molar-refractivity contribution in [2.24, 2.45) is 0 Å². The summed E-state index contributed by atoms with van der Waals surface area (Å²) in [5.41, 5.74) is -0.783. The Bertz CT molecular complexity index is 1480. The minimum atomic E-state index is -0.876. The van der Waals surface area contributed by atoms with Crippen molar-refractivity contribution in [1.29, 1.82) is 0 Å². The molecule has 4 rings (SSSR count). The molecule has 2 aromatic heterocycles. The van der Waals surface area contributed by atoms with Crippen LogP contribution in [0.5, 0.6) is 11.5 Å². The van der Waals surface area contributed by atoms with Crippen LogP contribution in [0.4, 0.5) is 5.69 Å². The summed E-state index contributed by atoms with van der Waals surface area (Å²) >= 11 is 0. The van der Waals surface area contributed by atoms with Gasteiger partial charge in [0.15, 0.2) is 0 Å². The van der Waals surface area contributed by atoms with Crippen LogP contribution in [0, 0.1) is 0 Å². The van der Waals surface area contributed by atoms with Gasteiger partial charge in [-0.1, -0.05) is 0 Å². The van der Waals surface area contributed by atoms with Gasteiger partial charge in [0.1, 0.15) is 33.8 Å². The predicted octanol–water partition coefficient (Wildman–Crippen LogP) is 3.99. The molecule has 8 heteroatoms. The summed E-state index contributed by atoms with van der Waals surface area (Å²) < 4.78 is 21.3. The maximum absolute atomic E-state index is 13.2. The van der Waals surface area contributed by atoms with Gasteiger partial charge in [0.25, 0.3) is 0 Å². The third-order valence-electron chi connectivity index (χ3n) is 5.58. The molecular weight excluding hydrogens is 426 g/mol. The van der Waals surface area contributed by atoms with E-state index in [0.717, 1.165) is 18.8 Å². The van der Waals surface area contributed by atoms with Crippen LogP contribution in [0.2, 0.25) is 0 Å². The van der Waals surface area contributed by atoms with Gasteiger partial charge in [-0.2, -0.15) is 0 Å². The second-order valence-corrected chi connectivity index (χ2v) is 7.36. The number of ketones is 1. The third-order valence-corrected chi connectivity index (χ3v) is 5.58. The molecular formula is C25H23NO7. The van der Waals surface area contributed by atoms with Crippen molar-refractivity contribution in [2.75, 3.05) is 32.2 Å². The molecule has 0 aliphatic rings. The number of hydrogen-bond acceptors (Lipinski definition) is 8. The molecule has 2 heterocycles. The summed E-state index contributed by atoms with van der Waals surface area (Å²) in [5.74, 6) is 0.00412. The number of fused-ring (bicyclic) bond motifs is 2. The average molecular weight is 449 g/mol. The van der Waals surface area contributed by atoms with Crippen molar-refractivity contribution >= 4 is 33.4 Å². The monoisotopic (exact) mass is 449 g/mol. The number of methoxy groups -OCH3 is 2. The molecule has 0 aliphatic heterocycles. The van der Waals surface area contributed by atoms with E-state index in [4.69, 9.17) is 18.3 Å². The van der Waals surface area contributed by atoms with Crippen LogP contribution < -0.4 is 25.6 Å². The molecule has 0 spiro atoms. The van der Waals surface area contributed by atoms with Crippen LogP contribution in [0.1, 0.15) is 29.8 Å². The molecule has 4 aromatic rings. The maximum atomic E-state index is 13.2. The van der Waals surface area contributed by atoms with Gasteiger partial charge in [0.2, 0.25) is 5.78 Å². The lowest BCUT2D eigenvalue weighted by atomic mass is 10.0. The summed E-state index contributed by atoms with van der Waals surface area (Å²) in [4.78, 5) is 40.6. The standard InChI is InChI=1S/C25H23NO7/c1-5-26(6-2)15-8-7-14-9-18(24(28)32-20(14)10-15)23(27)19-13-17-21(31-4)11-16(30-3)12-22(17)33-25(19)29/h7-13H,5-6H2,1-4H3. The van der Waals surface area contributed by atoms with Crippen LogP contribution >= 0.6 is 0 Å². The van der Waals surface area contributed by atoms with E-state index in [-0.39, 0.29) is 16.7 Å². The first-order valence-corrected chi connectivity index (χ1v) is 10.5. The van der Waals surface area contributed by atoms with E-state index in [1.807, 2.05) is 19.9 Å². The zero-order valence-corrected chi connectivity index (χ0v) is 18.8. The van der Waals surface area contributed by atoms with Gasteiger partial charge in [0, 0.05) is 42.4 Å². The molecule has 0 bridgehead atoms.